The van der Waals surface area contributed by atoms with Gasteiger partial charge in [0.05, 0.1) is 28.8 Å². The standard InChI is InChI=1S/C22H16FN3O3.C16H10BrFN2O2.C6H7NO.2CH4/c1-13-2-7-17(11-25-13)29-16-8-9-20-18(10-16)21(27)19(22(24)28)12-26(20)15-5-3-14(23)4-6-15;17-9-1-6-14-12(7-9)15(21)13(16(19)22)8-20(14)11-4-2-10(18)3-5-11;1-5-2-3-6(8)4-7-5;;/h2-12H,1H3,(H2,24,28);1-8H,(H2,19,22);2-4,8H,1H3;2*1H4. The summed E-state index contributed by atoms with van der Waals surface area (Å²) in [5.74, 6) is -1.27. The third-order valence-electron chi connectivity index (χ3n) is 8.70. The van der Waals surface area contributed by atoms with Crippen molar-refractivity contribution in [2.24, 2.45) is 11.5 Å². The molecule has 0 radical (unpaired) electrons. The van der Waals surface area contributed by atoms with Gasteiger partial charge in [0, 0.05) is 45.0 Å². The van der Waals surface area contributed by atoms with Gasteiger partial charge in [0.15, 0.2) is 0 Å². The van der Waals surface area contributed by atoms with Gasteiger partial charge in [0.2, 0.25) is 10.9 Å². The van der Waals surface area contributed by atoms with Crippen LogP contribution in [0.1, 0.15) is 47.0 Å². The molecule has 8 rings (SSSR count). The molecule has 312 valence electrons. The number of aromatic hydroxyl groups is 1. The Morgan fingerprint density at radius 3 is 1.49 bits per heavy atom. The van der Waals surface area contributed by atoms with Gasteiger partial charge >= 0.3 is 0 Å². The highest BCUT2D eigenvalue weighted by Crippen LogP contribution is 2.27. The monoisotopic (exact) mass is 890 g/mol. The Balaban J connectivity index is 0.000000226. The Labute approximate surface area is 357 Å². The predicted octanol–water partition coefficient (Wildman–Crippen LogP) is 9.08. The Kier molecular flexibility index (Phi) is 15.1. The van der Waals surface area contributed by atoms with Gasteiger partial charge in [-0.15, -0.1) is 0 Å². The molecule has 2 amide bonds. The molecule has 0 fully saturated rings. The average Bonchev–Trinajstić information content (AvgIpc) is 3.21. The Morgan fingerprint density at radius 2 is 1.07 bits per heavy atom. The molecule has 0 aliphatic carbocycles. The fourth-order valence-electron chi connectivity index (χ4n) is 5.77. The van der Waals surface area contributed by atoms with Gasteiger partial charge in [-0.25, -0.2) is 8.78 Å². The molecule has 0 bridgehead atoms. The summed E-state index contributed by atoms with van der Waals surface area (Å²) in [6.07, 6.45) is 5.75. The van der Waals surface area contributed by atoms with E-state index in [-0.39, 0.29) is 42.9 Å². The maximum absolute atomic E-state index is 13.3. The lowest BCUT2D eigenvalue weighted by atomic mass is 10.1. The Hall–Kier alpha value is -7.52. The molecule has 0 spiro atoms. The van der Waals surface area contributed by atoms with Gasteiger partial charge in [0.25, 0.3) is 11.8 Å². The van der Waals surface area contributed by atoms with Gasteiger partial charge in [-0.1, -0.05) is 30.8 Å². The number of primary amides is 2. The molecule has 0 aliphatic heterocycles. The van der Waals surface area contributed by atoms with Crippen LogP contribution in [-0.2, 0) is 0 Å². The lowest BCUT2D eigenvalue weighted by Crippen LogP contribution is -2.23. The van der Waals surface area contributed by atoms with Crippen molar-refractivity contribution in [2.75, 3.05) is 0 Å². The number of fused-ring (bicyclic) bond motifs is 2. The summed E-state index contributed by atoms with van der Waals surface area (Å²) in [7, 11) is 0. The number of carbonyl (C=O) groups is 2. The van der Waals surface area contributed by atoms with E-state index in [1.807, 2.05) is 19.9 Å². The Morgan fingerprint density at radius 1 is 0.623 bits per heavy atom. The van der Waals surface area contributed by atoms with Crippen LogP contribution in [0.25, 0.3) is 33.2 Å². The van der Waals surface area contributed by atoms with Crippen molar-refractivity contribution in [3.63, 3.8) is 0 Å². The number of pyridine rings is 4. The van der Waals surface area contributed by atoms with Crippen LogP contribution in [0.4, 0.5) is 8.78 Å². The van der Waals surface area contributed by atoms with E-state index in [9.17, 15) is 28.0 Å². The largest absolute Gasteiger partial charge is 0.506 e. The van der Waals surface area contributed by atoms with E-state index in [4.69, 9.17) is 21.3 Å². The number of benzene rings is 4. The van der Waals surface area contributed by atoms with Crippen molar-refractivity contribution < 1.29 is 28.2 Å². The predicted molar refractivity (Wildman–Crippen MR) is 237 cm³/mol. The van der Waals surface area contributed by atoms with Gasteiger partial charge in [0.1, 0.15) is 40.0 Å². The summed E-state index contributed by atoms with van der Waals surface area (Å²) < 4.78 is 36.2. The first kappa shape index (κ1) is 46.2. The van der Waals surface area contributed by atoms with Crippen LogP contribution in [0.3, 0.4) is 0 Å². The van der Waals surface area contributed by atoms with E-state index in [2.05, 4.69) is 25.9 Å². The number of rotatable bonds is 6. The summed E-state index contributed by atoms with van der Waals surface area (Å²) in [4.78, 5) is 56.5. The van der Waals surface area contributed by atoms with E-state index in [0.29, 0.717) is 43.8 Å². The highest BCUT2D eigenvalue weighted by molar-refractivity contribution is 9.10. The first-order valence-corrected chi connectivity index (χ1v) is 18.4. The number of hydrogen-bond donors (Lipinski definition) is 3. The van der Waals surface area contributed by atoms with Crippen LogP contribution >= 0.6 is 15.9 Å². The van der Waals surface area contributed by atoms with Crippen molar-refractivity contribution in [2.45, 2.75) is 28.7 Å². The second-order valence-corrected chi connectivity index (χ2v) is 13.8. The van der Waals surface area contributed by atoms with Crippen molar-refractivity contribution in [1.82, 2.24) is 19.1 Å². The molecule has 12 nitrogen and oxygen atoms in total. The summed E-state index contributed by atoms with van der Waals surface area (Å²) in [5.41, 5.74) is 13.6. The first-order chi connectivity index (χ1) is 28.2. The van der Waals surface area contributed by atoms with E-state index >= 15 is 0 Å². The maximum atomic E-state index is 13.3. The number of aryl methyl sites for hydroxylation is 2. The Bertz CT molecular complexity index is 2940. The molecule has 0 aliphatic rings. The van der Waals surface area contributed by atoms with E-state index in [1.165, 1.54) is 42.9 Å². The fourth-order valence-corrected chi connectivity index (χ4v) is 6.13. The minimum Gasteiger partial charge on any atom is -0.506 e. The third-order valence-corrected chi connectivity index (χ3v) is 9.19. The molecule has 4 aromatic carbocycles. The molecule has 0 saturated heterocycles. The summed E-state index contributed by atoms with van der Waals surface area (Å²) in [6, 6.07) is 28.5. The topological polar surface area (TPSA) is 185 Å². The van der Waals surface area contributed by atoms with Crippen molar-refractivity contribution in [3.8, 4) is 28.6 Å². The van der Waals surface area contributed by atoms with Crippen LogP contribution in [0.5, 0.6) is 17.2 Å². The highest BCUT2D eigenvalue weighted by atomic mass is 79.9. The fraction of sp³-hybridized carbons (Fsp3) is 0.0870. The van der Waals surface area contributed by atoms with Crippen LogP contribution in [0, 0.1) is 25.5 Å². The number of carbonyl (C=O) groups excluding carboxylic acids is 2. The number of nitrogens with zero attached hydrogens (tertiary/aromatic N) is 4. The number of nitrogens with two attached hydrogens (primary N) is 2. The number of halogens is 3. The molecule has 0 saturated carbocycles. The second-order valence-electron chi connectivity index (χ2n) is 12.9. The average molecular weight is 892 g/mol. The summed E-state index contributed by atoms with van der Waals surface area (Å²) >= 11 is 3.30. The highest BCUT2D eigenvalue weighted by Gasteiger charge is 2.16. The zero-order valence-electron chi connectivity index (χ0n) is 31.3. The molecule has 15 heteroatoms. The molecule has 0 atom stereocenters. The van der Waals surface area contributed by atoms with Crippen LogP contribution in [-0.4, -0.2) is 36.0 Å². The molecule has 4 heterocycles. The molecular weight excluding hydrogens is 850 g/mol. The lowest BCUT2D eigenvalue weighted by molar-refractivity contribution is 0.0990. The zero-order valence-corrected chi connectivity index (χ0v) is 32.9. The van der Waals surface area contributed by atoms with Crippen molar-refractivity contribution in [1.29, 1.82) is 0 Å². The van der Waals surface area contributed by atoms with Crippen LogP contribution in [0.2, 0.25) is 0 Å². The number of ether oxygens (including phenoxy) is 1. The van der Waals surface area contributed by atoms with Gasteiger partial charge in [-0.3, -0.25) is 29.1 Å². The molecule has 4 aromatic heterocycles. The van der Waals surface area contributed by atoms with E-state index in [0.717, 1.165) is 11.4 Å². The molecule has 0 unspecified atom stereocenters. The van der Waals surface area contributed by atoms with Crippen molar-refractivity contribution >= 4 is 49.6 Å². The molecule has 8 aromatic rings. The minimum atomic E-state index is -0.846. The second kappa shape index (κ2) is 20.0. The van der Waals surface area contributed by atoms with Crippen LogP contribution < -0.4 is 27.1 Å². The zero-order chi connectivity index (χ0) is 42.4. The van der Waals surface area contributed by atoms with E-state index < -0.39 is 28.5 Å². The first-order valence-electron chi connectivity index (χ1n) is 17.6. The SMILES string of the molecule is C.C.Cc1ccc(O)cn1.Cc1ccc(Oc2ccc3c(c2)c(=O)c(C(N)=O)cn3-c2ccc(F)cc2)cn1.NC(=O)c1cn(-c2ccc(F)cc2)c2ccc(Br)cc2c1=O. The smallest absolute Gasteiger partial charge is 0.254 e. The molecule has 61 heavy (non-hydrogen) atoms. The molecule has 5 N–H and O–H groups in total. The number of amides is 2. The van der Waals surface area contributed by atoms with Crippen LogP contribution in [0.15, 0.2) is 148 Å². The number of hydrogen-bond acceptors (Lipinski definition) is 8. The minimum absolute atomic E-state index is 0. The summed E-state index contributed by atoms with van der Waals surface area (Å²) in [5, 5.41) is 9.30. The quantitative estimate of drug-likeness (QED) is 0.148. The maximum Gasteiger partial charge on any atom is 0.254 e. The van der Waals surface area contributed by atoms with Gasteiger partial charge in [-0.05, 0) is 123 Å². The van der Waals surface area contributed by atoms with Crippen molar-refractivity contribution in [3.05, 3.63) is 193 Å². The number of aromatic nitrogens is 4. The normalized spacial score (nSPS) is 10.2. The third kappa shape index (κ3) is 11.0. The lowest BCUT2D eigenvalue weighted by Gasteiger charge is -2.14. The van der Waals surface area contributed by atoms with Gasteiger partial charge < -0.3 is 30.4 Å². The molecular formula is C46H41BrF2N6O6. The van der Waals surface area contributed by atoms with Gasteiger partial charge in [-0.2, -0.15) is 0 Å². The van der Waals surface area contributed by atoms with E-state index in [1.54, 1.807) is 94.2 Å². The summed E-state index contributed by atoms with van der Waals surface area (Å²) in [6.45, 7) is 3.74.